The molecule has 0 aromatic heterocycles. The van der Waals surface area contributed by atoms with Crippen molar-refractivity contribution < 1.29 is 9.59 Å². The number of nitrogens with one attached hydrogen (secondary N) is 1. The van der Waals surface area contributed by atoms with Crippen molar-refractivity contribution in [1.29, 1.82) is 0 Å². The summed E-state index contributed by atoms with van der Waals surface area (Å²) in [6.45, 7) is 4.25. The van der Waals surface area contributed by atoms with Crippen LogP contribution in [0.15, 0.2) is 53.4 Å². The first-order valence-electron chi connectivity index (χ1n) is 8.62. The second-order valence-corrected chi connectivity index (χ2v) is 7.97. The van der Waals surface area contributed by atoms with E-state index in [2.05, 4.69) is 5.32 Å². The van der Waals surface area contributed by atoms with Crippen molar-refractivity contribution >= 4 is 51.9 Å². The molecule has 0 atom stereocenters. The number of aryl methyl sites for hydroxylation is 1. The summed E-state index contributed by atoms with van der Waals surface area (Å²) in [6, 6.07) is 15.4. The molecule has 1 N–H and O–H groups in total. The molecule has 1 aliphatic rings. The van der Waals surface area contributed by atoms with Gasteiger partial charge in [0.05, 0.1) is 4.91 Å². The summed E-state index contributed by atoms with van der Waals surface area (Å²) in [5.74, 6) is -0.279. The van der Waals surface area contributed by atoms with Crippen LogP contribution in [0.2, 0.25) is 0 Å². The maximum absolute atomic E-state index is 12.6. The van der Waals surface area contributed by atoms with E-state index in [1.807, 2.05) is 68.5 Å². The van der Waals surface area contributed by atoms with Crippen molar-refractivity contribution in [2.24, 2.45) is 0 Å². The molecule has 0 aliphatic carbocycles. The Bertz CT molecular complexity index is 923. The Balaban J connectivity index is 1.61. The zero-order chi connectivity index (χ0) is 19.4. The van der Waals surface area contributed by atoms with Gasteiger partial charge in [0.25, 0.3) is 5.91 Å². The van der Waals surface area contributed by atoms with Crippen molar-refractivity contribution in [3.05, 3.63) is 70.1 Å². The van der Waals surface area contributed by atoms with Gasteiger partial charge >= 0.3 is 0 Å². The quantitative estimate of drug-likeness (QED) is 0.596. The largest absolute Gasteiger partial charge is 0.326 e. The molecule has 2 aromatic rings. The molecule has 1 aliphatic heterocycles. The van der Waals surface area contributed by atoms with Crippen LogP contribution in [-0.4, -0.2) is 27.6 Å². The second kappa shape index (κ2) is 8.50. The summed E-state index contributed by atoms with van der Waals surface area (Å²) in [5, 5.41) is 2.91. The van der Waals surface area contributed by atoms with Gasteiger partial charge in [0.1, 0.15) is 4.32 Å². The van der Waals surface area contributed by atoms with Crippen LogP contribution in [0.3, 0.4) is 0 Å². The second-order valence-electron chi connectivity index (χ2n) is 6.29. The lowest BCUT2D eigenvalue weighted by atomic mass is 10.1. The predicted molar refractivity (Wildman–Crippen MR) is 115 cm³/mol. The molecular weight excluding hydrogens is 376 g/mol. The number of anilines is 1. The molecule has 2 aromatic carbocycles. The average molecular weight is 397 g/mol. The lowest BCUT2D eigenvalue weighted by molar-refractivity contribution is -0.122. The molecule has 6 heteroatoms. The van der Waals surface area contributed by atoms with Crippen LogP contribution in [0.4, 0.5) is 5.69 Å². The summed E-state index contributed by atoms with van der Waals surface area (Å²) in [4.78, 5) is 27.0. The molecule has 1 saturated heterocycles. The zero-order valence-electron chi connectivity index (χ0n) is 15.2. The molecule has 0 radical (unpaired) electrons. The van der Waals surface area contributed by atoms with Crippen LogP contribution in [-0.2, 0) is 9.59 Å². The Morgan fingerprint density at radius 3 is 2.63 bits per heavy atom. The van der Waals surface area contributed by atoms with E-state index in [9.17, 15) is 9.59 Å². The van der Waals surface area contributed by atoms with Gasteiger partial charge in [0.2, 0.25) is 5.91 Å². The molecule has 3 rings (SSSR count). The van der Waals surface area contributed by atoms with E-state index < -0.39 is 0 Å². The molecule has 1 fully saturated rings. The van der Waals surface area contributed by atoms with E-state index in [1.165, 1.54) is 16.7 Å². The Kier molecular flexibility index (Phi) is 6.08. The number of rotatable bonds is 5. The maximum atomic E-state index is 12.6. The molecule has 0 spiro atoms. The molecular formula is C21H20N2O2S2. The standard InChI is InChI=1S/C21H20N2O2S2/c1-14-7-6-10-17(15(14)2)22-19(24)11-12-23-20(25)18(27-21(23)26)13-16-8-4-3-5-9-16/h3-10,13H,11-12H2,1-2H3,(H,22,24). The number of hydrogen-bond donors (Lipinski definition) is 1. The number of hydrogen-bond acceptors (Lipinski definition) is 4. The minimum absolute atomic E-state index is 0.134. The van der Waals surface area contributed by atoms with Crippen molar-refractivity contribution in [3.8, 4) is 0 Å². The number of amides is 2. The summed E-state index contributed by atoms with van der Waals surface area (Å²) < 4.78 is 0.488. The molecule has 0 unspecified atom stereocenters. The molecule has 27 heavy (non-hydrogen) atoms. The van der Waals surface area contributed by atoms with Crippen LogP contribution in [0.5, 0.6) is 0 Å². The molecule has 0 saturated carbocycles. The third-order valence-electron chi connectivity index (χ3n) is 4.41. The van der Waals surface area contributed by atoms with Gasteiger partial charge in [-0.2, -0.15) is 0 Å². The highest BCUT2D eigenvalue weighted by atomic mass is 32.2. The Morgan fingerprint density at radius 1 is 1.15 bits per heavy atom. The van der Waals surface area contributed by atoms with Crippen LogP contribution < -0.4 is 5.32 Å². The van der Waals surface area contributed by atoms with Crippen molar-refractivity contribution in [1.82, 2.24) is 4.90 Å². The number of carbonyl (C=O) groups excluding carboxylic acids is 2. The van der Waals surface area contributed by atoms with Gasteiger partial charge < -0.3 is 5.32 Å². The summed E-state index contributed by atoms with van der Waals surface area (Å²) in [6.07, 6.45) is 2.02. The number of benzene rings is 2. The van der Waals surface area contributed by atoms with Crippen molar-refractivity contribution in [2.45, 2.75) is 20.3 Å². The predicted octanol–water partition coefficient (Wildman–Crippen LogP) is 4.53. The summed E-state index contributed by atoms with van der Waals surface area (Å²) in [7, 11) is 0. The van der Waals surface area contributed by atoms with Gasteiger partial charge in [-0.15, -0.1) is 0 Å². The zero-order valence-corrected chi connectivity index (χ0v) is 16.8. The summed E-state index contributed by atoms with van der Waals surface area (Å²) in [5.41, 5.74) is 3.91. The minimum Gasteiger partial charge on any atom is -0.326 e. The minimum atomic E-state index is -0.145. The van der Waals surface area contributed by atoms with Gasteiger partial charge in [-0.3, -0.25) is 14.5 Å². The number of thiocarbonyl (C=S) groups is 1. The van der Waals surface area contributed by atoms with Crippen LogP contribution >= 0.6 is 24.0 Å². The average Bonchev–Trinajstić information content (AvgIpc) is 2.91. The van der Waals surface area contributed by atoms with Gasteiger partial charge in [0, 0.05) is 18.7 Å². The lowest BCUT2D eigenvalue weighted by Crippen LogP contribution is -2.31. The third-order valence-corrected chi connectivity index (χ3v) is 5.79. The van der Waals surface area contributed by atoms with Crippen LogP contribution in [0.1, 0.15) is 23.1 Å². The first-order chi connectivity index (χ1) is 13.0. The monoisotopic (exact) mass is 396 g/mol. The Labute approximate surface area is 168 Å². The first-order valence-corrected chi connectivity index (χ1v) is 9.84. The van der Waals surface area contributed by atoms with Crippen LogP contribution in [0, 0.1) is 13.8 Å². The third kappa shape index (κ3) is 4.64. The van der Waals surface area contributed by atoms with E-state index in [-0.39, 0.29) is 24.8 Å². The number of carbonyl (C=O) groups is 2. The first kappa shape index (κ1) is 19.3. The van der Waals surface area contributed by atoms with Gasteiger partial charge in [-0.1, -0.05) is 66.4 Å². The highest BCUT2D eigenvalue weighted by molar-refractivity contribution is 8.26. The van der Waals surface area contributed by atoms with Crippen molar-refractivity contribution in [2.75, 3.05) is 11.9 Å². The molecule has 138 valence electrons. The van der Waals surface area contributed by atoms with E-state index in [0.717, 1.165) is 22.4 Å². The smallest absolute Gasteiger partial charge is 0.266 e. The van der Waals surface area contributed by atoms with Crippen molar-refractivity contribution in [3.63, 3.8) is 0 Å². The SMILES string of the molecule is Cc1cccc(NC(=O)CCN2C(=O)C(=Cc3ccccc3)SC2=S)c1C. The highest BCUT2D eigenvalue weighted by Crippen LogP contribution is 2.32. The van der Waals surface area contributed by atoms with E-state index >= 15 is 0 Å². The van der Waals surface area contributed by atoms with Gasteiger partial charge in [-0.25, -0.2) is 0 Å². The fraction of sp³-hybridized carbons (Fsp3) is 0.190. The lowest BCUT2D eigenvalue weighted by Gasteiger charge is -2.15. The normalized spacial score (nSPS) is 15.5. The molecule has 0 bridgehead atoms. The Hall–Kier alpha value is -2.44. The van der Waals surface area contributed by atoms with Gasteiger partial charge in [0.15, 0.2) is 0 Å². The van der Waals surface area contributed by atoms with E-state index in [4.69, 9.17) is 12.2 Å². The van der Waals surface area contributed by atoms with Gasteiger partial charge in [-0.05, 0) is 42.7 Å². The molecule has 2 amide bonds. The molecule has 4 nitrogen and oxygen atoms in total. The Morgan fingerprint density at radius 2 is 1.89 bits per heavy atom. The maximum Gasteiger partial charge on any atom is 0.266 e. The van der Waals surface area contributed by atoms with E-state index in [1.54, 1.807) is 0 Å². The summed E-state index contributed by atoms with van der Waals surface area (Å²) >= 11 is 6.60. The molecule has 1 heterocycles. The fourth-order valence-electron chi connectivity index (χ4n) is 2.71. The number of thioether (sulfide) groups is 1. The van der Waals surface area contributed by atoms with E-state index in [0.29, 0.717) is 9.23 Å². The highest BCUT2D eigenvalue weighted by Gasteiger charge is 2.32. The number of nitrogens with zero attached hydrogens (tertiary/aromatic N) is 1. The van der Waals surface area contributed by atoms with Crippen LogP contribution in [0.25, 0.3) is 6.08 Å². The fourth-order valence-corrected chi connectivity index (χ4v) is 4.01. The topological polar surface area (TPSA) is 49.4 Å².